The number of pyridine rings is 1. The highest BCUT2D eigenvalue weighted by Gasteiger charge is 2.09. The quantitative estimate of drug-likeness (QED) is 0.526. The second-order valence-electron chi connectivity index (χ2n) is 6.60. The largest absolute Gasteiger partial charge is 0.481 e. The molecule has 1 heterocycles. The van der Waals surface area contributed by atoms with E-state index < -0.39 is 0 Å². The normalized spacial score (nSPS) is 12.7. The van der Waals surface area contributed by atoms with Crippen LogP contribution >= 0.6 is 0 Å². The van der Waals surface area contributed by atoms with Gasteiger partial charge in [-0.15, -0.1) is 0 Å². The Labute approximate surface area is 162 Å². The minimum Gasteiger partial charge on any atom is -0.481 e. The van der Waals surface area contributed by atoms with E-state index in [9.17, 15) is 0 Å². The van der Waals surface area contributed by atoms with Crippen molar-refractivity contribution in [1.29, 1.82) is 0 Å². The summed E-state index contributed by atoms with van der Waals surface area (Å²) in [6.45, 7) is 4.74. The summed E-state index contributed by atoms with van der Waals surface area (Å²) < 4.78 is 5.08. The first-order valence-electron chi connectivity index (χ1n) is 9.30. The van der Waals surface area contributed by atoms with Crippen molar-refractivity contribution in [3.8, 4) is 5.88 Å². The summed E-state index contributed by atoms with van der Waals surface area (Å²) in [6, 6.07) is 14.9. The molecule has 0 fully saturated rings. The molecule has 2 N–H and O–H groups in total. The molecule has 27 heavy (non-hydrogen) atoms. The van der Waals surface area contributed by atoms with Gasteiger partial charge in [0.05, 0.1) is 7.11 Å². The second-order valence-corrected chi connectivity index (χ2v) is 6.60. The van der Waals surface area contributed by atoms with Crippen LogP contribution < -0.4 is 15.4 Å². The Hall–Kier alpha value is -2.60. The highest BCUT2D eigenvalue weighted by Crippen LogP contribution is 2.08. The van der Waals surface area contributed by atoms with E-state index in [1.165, 1.54) is 5.56 Å². The molecule has 0 spiro atoms. The summed E-state index contributed by atoms with van der Waals surface area (Å²) in [5.74, 6) is 1.42. The van der Waals surface area contributed by atoms with Crippen LogP contribution in [-0.2, 0) is 13.1 Å². The number of ether oxygens (including phenoxy) is 1. The van der Waals surface area contributed by atoms with E-state index >= 15 is 0 Å². The van der Waals surface area contributed by atoms with Crippen molar-refractivity contribution in [3.63, 3.8) is 0 Å². The zero-order chi connectivity index (χ0) is 19.5. The summed E-state index contributed by atoms with van der Waals surface area (Å²) >= 11 is 0. The first-order valence-corrected chi connectivity index (χ1v) is 9.30. The van der Waals surface area contributed by atoms with Gasteiger partial charge in [-0.2, -0.15) is 0 Å². The van der Waals surface area contributed by atoms with Gasteiger partial charge in [0.15, 0.2) is 5.96 Å². The van der Waals surface area contributed by atoms with Gasteiger partial charge in [-0.1, -0.05) is 36.4 Å². The number of guanidine groups is 1. The van der Waals surface area contributed by atoms with E-state index in [0.717, 1.165) is 31.0 Å². The van der Waals surface area contributed by atoms with Gasteiger partial charge in [-0.25, -0.2) is 4.98 Å². The molecule has 0 radical (unpaired) electrons. The topological polar surface area (TPSA) is 61.8 Å². The van der Waals surface area contributed by atoms with Gasteiger partial charge >= 0.3 is 0 Å². The minimum absolute atomic E-state index is 0.474. The highest BCUT2D eigenvalue weighted by atomic mass is 16.5. The van der Waals surface area contributed by atoms with Crippen molar-refractivity contribution >= 4 is 5.96 Å². The molecule has 1 unspecified atom stereocenters. The van der Waals surface area contributed by atoms with E-state index in [2.05, 4.69) is 69.8 Å². The molecule has 0 saturated carbocycles. The van der Waals surface area contributed by atoms with Gasteiger partial charge in [0.1, 0.15) is 0 Å². The van der Waals surface area contributed by atoms with Crippen LogP contribution in [0.1, 0.15) is 24.5 Å². The lowest BCUT2D eigenvalue weighted by Crippen LogP contribution is -2.39. The third kappa shape index (κ3) is 7.27. The van der Waals surface area contributed by atoms with Crippen LogP contribution in [0.2, 0.25) is 0 Å². The lowest BCUT2D eigenvalue weighted by Gasteiger charge is -2.25. The second kappa shape index (κ2) is 11.2. The fourth-order valence-electron chi connectivity index (χ4n) is 2.69. The van der Waals surface area contributed by atoms with Crippen LogP contribution in [0.5, 0.6) is 5.88 Å². The molecule has 0 aliphatic carbocycles. The first kappa shape index (κ1) is 20.7. The number of aromatic nitrogens is 1. The maximum atomic E-state index is 5.08. The summed E-state index contributed by atoms with van der Waals surface area (Å²) in [6.07, 6.45) is 2.84. The predicted molar refractivity (Wildman–Crippen MR) is 111 cm³/mol. The van der Waals surface area contributed by atoms with Crippen LogP contribution in [-0.4, -0.2) is 49.6 Å². The number of nitrogens with zero attached hydrogens (tertiary/aromatic N) is 3. The standard InChI is InChI=1S/C21H31N5O/c1-17(26(3)16-18-8-6-5-7-9-18)12-13-23-21(22-2)25-15-19-10-11-20(27-4)24-14-19/h5-11,14,17H,12-13,15-16H2,1-4H3,(H2,22,23,25). The third-order valence-electron chi connectivity index (χ3n) is 4.57. The summed E-state index contributed by atoms with van der Waals surface area (Å²) in [5.41, 5.74) is 2.42. The minimum atomic E-state index is 0.474. The smallest absolute Gasteiger partial charge is 0.212 e. The third-order valence-corrected chi connectivity index (χ3v) is 4.57. The SMILES string of the molecule is CN=C(NCCC(C)N(C)Cc1ccccc1)NCc1ccc(OC)nc1. The van der Waals surface area contributed by atoms with Crippen molar-refractivity contribution in [2.45, 2.75) is 32.5 Å². The van der Waals surface area contributed by atoms with Crippen LogP contribution in [0, 0.1) is 0 Å². The van der Waals surface area contributed by atoms with Gasteiger partial charge < -0.3 is 15.4 Å². The highest BCUT2D eigenvalue weighted by molar-refractivity contribution is 5.79. The monoisotopic (exact) mass is 369 g/mol. The maximum absolute atomic E-state index is 5.08. The number of benzene rings is 1. The number of nitrogens with one attached hydrogen (secondary N) is 2. The zero-order valence-electron chi connectivity index (χ0n) is 16.8. The average Bonchev–Trinajstić information content (AvgIpc) is 2.71. The average molecular weight is 370 g/mol. The summed E-state index contributed by atoms with van der Waals surface area (Å²) in [7, 11) is 5.57. The van der Waals surface area contributed by atoms with Crippen molar-refractivity contribution in [3.05, 3.63) is 59.8 Å². The Balaban J connectivity index is 1.70. The lowest BCUT2D eigenvalue weighted by atomic mass is 10.1. The lowest BCUT2D eigenvalue weighted by molar-refractivity contribution is 0.238. The molecule has 2 rings (SSSR count). The molecule has 6 heteroatoms. The van der Waals surface area contributed by atoms with Crippen molar-refractivity contribution < 1.29 is 4.74 Å². The van der Waals surface area contributed by atoms with Crippen molar-refractivity contribution in [1.82, 2.24) is 20.5 Å². The molecule has 0 aliphatic rings. The Morgan fingerprint density at radius 3 is 2.56 bits per heavy atom. The molecular weight excluding hydrogens is 338 g/mol. The molecular formula is C21H31N5O. The van der Waals surface area contributed by atoms with E-state index in [0.29, 0.717) is 18.5 Å². The fourth-order valence-corrected chi connectivity index (χ4v) is 2.69. The molecule has 6 nitrogen and oxygen atoms in total. The molecule has 0 bridgehead atoms. The van der Waals surface area contributed by atoms with Gasteiger partial charge in [0.25, 0.3) is 0 Å². The van der Waals surface area contributed by atoms with Gasteiger partial charge in [0.2, 0.25) is 5.88 Å². The molecule has 1 aromatic heterocycles. The number of hydrogen-bond donors (Lipinski definition) is 2. The number of rotatable bonds is 9. The zero-order valence-corrected chi connectivity index (χ0v) is 16.8. The summed E-state index contributed by atoms with van der Waals surface area (Å²) in [5, 5.41) is 6.69. The molecule has 2 aromatic rings. The molecule has 0 aliphatic heterocycles. The molecule has 146 valence electrons. The maximum Gasteiger partial charge on any atom is 0.212 e. The van der Waals surface area contributed by atoms with Gasteiger partial charge in [-0.05, 0) is 31.5 Å². The van der Waals surface area contributed by atoms with Crippen LogP contribution in [0.4, 0.5) is 0 Å². The Morgan fingerprint density at radius 2 is 1.93 bits per heavy atom. The molecule has 1 atom stereocenters. The predicted octanol–water partition coefficient (Wildman–Crippen LogP) is 2.67. The van der Waals surface area contributed by atoms with Gasteiger partial charge in [0, 0.05) is 45.0 Å². The van der Waals surface area contributed by atoms with Gasteiger partial charge in [-0.3, -0.25) is 9.89 Å². The van der Waals surface area contributed by atoms with E-state index in [4.69, 9.17) is 4.74 Å². The van der Waals surface area contributed by atoms with E-state index in [1.54, 1.807) is 20.4 Å². The van der Waals surface area contributed by atoms with Crippen molar-refractivity contribution in [2.75, 3.05) is 27.7 Å². The fraction of sp³-hybridized carbons (Fsp3) is 0.429. The van der Waals surface area contributed by atoms with Crippen LogP contribution in [0.25, 0.3) is 0 Å². The number of methoxy groups -OCH3 is 1. The molecule has 0 amide bonds. The van der Waals surface area contributed by atoms with Crippen LogP contribution in [0.15, 0.2) is 53.7 Å². The number of aliphatic imine (C=N–C) groups is 1. The summed E-state index contributed by atoms with van der Waals surface area (Å²) in [4.78, 5) is 10.9. The molecule has 0 saturated heterocycles. The Bertz CT molecular complexity index is 687. The van der Waals surface area contributed by atoms with E-state index in [-0.39, 0.29) is 0 Å². The Morgan fingerprint density at radius 1 is 1.15 bits per heavy atom. The first-order chi connectivity index (χ1) is 13.1. The Kier molecular flexibility index (Phi) is 8.58. The molecule has 1 aromatic carbocycles. The number of hydrogen-bond acceptors (Lipinski definition) is 4. The van der Waals surface area contributed by atoms with E-state index in [1.807, 2.05) is 12.1 Å². The van der Waals surface area contributed by atoms with Crippen LogP contribution in [0.3, 0.4) is 0 Å². The van der Waals surface area contributed by atoms with Crippen molar-refractivity contribution in [2.24, 2.45) is 4.99 Å².